The van der Waals surface area contributed by atoms with E-state index >= 15 is 0 Å². The molecule has 0 aromatic carbocycles. The Hall–Kier alpha value is -1.11. The molecule has 0 fully saturated rings. The Morgan fingerprint density at radius 1 is 1.13 bits per heavy atom. The van der Waals surface area contributed by atoms with Crippen molar-refractivity contribution >= 4 is 6.29 Å². The number of rotatable bonds is 5. The lowest BCUT2D eigenvalue weighted by Crippen LogP contribution is -1.85. The van der Waals surface area contributed by atoms with Gasteiger partial charge in [0.25, 0.3) is 0 Å². The van der Waals surface area contributed by atoms with Gasteiger partial charge in [0.1, 0.15) is 6.29 Å². The van der Waals surface area contributed by atoms with Crippen molar-refractivity contribution in [2.45, 2.75) is 47.5 Å². The summed E-state index contributed by atoms with van der Waals surface area (Å²) in [5.74, 6) is 0. The largest absolute Gasteiger partial charge is 0.303 e. The zero-order valence-corrected chi connectivity index (χ0v) is 10.8. The van der Waals surface area contributed by atoms with Crippen LogP contribution >= 0.6 is 0 Å². The molecule has 0 aromatic rings. The summed E-state index contributed by atoms with van der Waals surface area (Å²) in [5.41, 5.74) is 3.47. The van der Waals surface area contributed by atoms with Crippen LogP contribution in [0.5, 0.6) is 0 Å². The quantitative estimate of drug-likeness (QED) is 0.481. The normalized spacial score (nSPS) is 9.80. The summed E-state index contributed by atoms with van der Waals surface area (Å²) in [7, 11) is 0. The molecule has 0 atom stereocenters. The highest BCUT2D eigenvalue weighted by Gasteiger charge is 1.94. The third-order valence-electron chi connectivity index (χ3n) is 1.79. The molecule has 0 aliphatic carbocycles. The molecule has 0 spiro atoms. The fourth-order valence-electron chi connectivity index (χ4n) is 0.840. The van der Waals surface area contributed by atoms with Gasteiger partial charge in [-0.25, -0.2) is 0 Å². The van der Waals surface area contributed by atoms with E-state index in [-0.39, 0.29) is 0 Å². The maximum absolute atomic E-state index is 10.1. The third-order valence-corrected chi connectivity index (χ3v) is 1.79. The van der Waals surface area contributed by atoms with E-state index in [1.807, 2.05) is 26.8 Å². The van der Waals surface area contributed by atoms with Crippen LogP contribution in [0.2, 0.25) is 0 Å². The molecule has 0 rings (SSSR count). The fourth-order valence-corrected chi connectivity index (χ4v) is 0.840. The Labute approximate surface area is 94.6 Å². The summed E-state index contributed by atoms with van der Waals surface area (Å²) in [6.45, 7) is 14.0. The number of aldehydes is 1. The van der Waals surface area contributed by atoms with Gasteiger partial charge in [-0.2, -0.15) is 0 Å². The van der Waals surface area contributed by atoms with Crippen molar-refractivity contribution in [3.63, 3.8) is 0 Å². The minimum absolute atomic E-state index is 0.568. The lowest BCUT2D eigenvalue weighted by atomic mass is 10.0. The van der Waals surface area contributed by atoms with Crippen molar-refractivity contribution in [1.82, 2.24) is 0 Å². The molecule has 1 heteroatoms. The molecule has 0 amide bonds. The van der Waals surface area contributed by atoms with Crippen molar-refractivity contribution in [2.75, 3.05) is 0 Å². The molecule has 0 unspecified atom stereocenters. The Morgan fingerprint density at radius 3 is 2.07 bits per heavy atom. The van der Waals surface area contributed by atoms with Gasteiger partial charge in [-0.05, 0) is 32.8 Å². The summed E-state index contributed by atoms with van der Waals surface area (Å²) in [4.78, 5) is 10.1. The highest BCUT2D eigenvalue weighted by atomic mass is 16.1. The fraction of sp³-hybridized carbons (Fsp3) is 0.500. The first kappa shape index (κ1) is 16.3. The van der Waals surface area contributed by atoms with Crippen molar-refractivity contribution in [3.8, 4) is 0 Å². The molecule has 0 aliphatic heterocycles. The van der Waals surface area contributed by atoms with Crippen LogP contribution in [0.4, 0.5) is 0 Å². The topological polar surface area (TPSA) is 17.1 Å². The molecule has 0 saturated carbocycles. The Kier molecular flexibility index (Phi) is 11.9. The Balaban J connectivity index is 0. The van der Waals surface area contributed by atoms with E-state index in [2.05, 4.69) is 26.5 Å². The van der Waals surface area contributed by atoms with Gasteiger partial charge >= 0.3 is 0 Å². The van der Waals surface area contributed by atoms with Crippen molar-refractivity contribution in [3.05, 3.63) is 35.5 Å². The van der Waals surface area contributed by atoms with Crippen LogP contribution in [0.3, 0.4) is 0 Å². The first-order valence-electron chi connectivity index (χ1n) is 5.51. The van der Waals surface area contributed by atoms with E-state index in [4.69, 9.17) is 0 Å². The second-order valence-corrected chi connectivity index (χ2v) is 3.40. The molecule has 0 radical (unpaired) electrons. The lowest BCUT2D eigenvalue weighted by Gasteiger charge is -2.01. The monoisotopic (exact) mass is 208 g/mol. The second kappa shape index (κ2) is 11.0. The van der Waals surface area contributed by atoms with Crippen molar-refractivity contribution in [1.29, 1.82) is 0 Å². The SMILES string of the molecule is C=C(CCC=O)/C(C)=C\C=C(C)C.CC. The molecule has 15 heavy (non-hydrogen) atoms. The van der Waals surface area contributed by atoms with Gasteiger partial charge in [-0.15, -0.1) is 0 Å². The van der Waals surface area contributed by atoms with E-state index in [0.717, 1.165) is 23.9 Å². The number of allylic oxidation sites excluding steroid dienone is 5. The van der Waals surface area contributed by atoms with Crippen molar-refractivity contribution in [2.24, 2.45) is 0 Å². The van der Waals surface area contributed by atoms with E-state index in [1.165, 1.54) is 5.57 Å². The van der Waals surface area contributed by atoms with Crippen LogP contribution in [-0.2, 0) is 4.79 Å². The molecule has 0 N–H and O–H groups in total. The average molecular weight is 208 g/mol. The minimum atomic E-state index is 0.568. The molecule has 86 valence electrons. The maximum atomic E-state index is 10.1. The molecular formula is C14H24O. The smallest absolute Gasteiger partial charge is 0.120 e. The lowest BCUT2D eigenvalue weighted by molar-refractivity contribution is -0.107. The first-order valence-corrected chi connectivity index (χ1v) is 5.51. The minimum Gasteiger partial charge on any atom is -0.303 e. The zero-order valence-electron chi connectivity index (χ0n) is 10.8. The number of carbonyl (C=O) groups excluding carboxylic acids is 1. The highest BCUT2D eigenvalue weighted by Crippen LogP contribution is 2.12. The summed E-state index contributed by atoms with van der Waals surface area (Å²) < 4.78 is 0. The van der Waals surface area contributed by atoms with Gasteiger partial charge in [0.05, 0.1) is 0 Å². The van der Waals surface area contributed by atoms with Crippen LogP contribution < -0.4 is 0 Å². The van der Waals surface area contributed by atoms with Gasteiger partial charge in [0.15, 0.2) is 0 Å². The van der Waals surface area contributed by atoms with Gasteiger partial charge in [-0.1, -0.05) is 43.7 Å². The molecule has 0 bridgehead atoms. The predicted molar refractivity (Wildman–Crippen MR) is 69.0 cm³/mol. The third kappa shape index (κ3) is 10.8. The summed E-state index contributed by atoms with van der Waals surface area (Å²) in [6, 6.07) is 0. The van der Waals surface area contributed by atoms with E-state index in [0.29, 0.717) is 6.42 Å². The summed E-state index contributed by atoms with van der Waals surface area (Å²) in [5, 5.41) is 0. The molecule has 0 aliphatic rings. The zero-order chi connectivity index (χ0) is 12.3. The maximum Gasteiger partial charge on any atom is 0.120 e. The molecule has 1 nitrogen and oxygen atoms in total. The van der Waals surface area contributed by atoms with Gasteiger partial charge < -0.3 is 4.79 Å². The van der Waals surface area contributed by atoms with Crippen molar-refractivity contribution < 1.29 is 4.79 Å². The van der Waals surface area contributed by atoms with Crippen LogP contribution in [0.25, 0.3) is 0 Å². The van der Waals surface area contributed by atoms with Crippen LogP contribution in [0, 0.1) is 0 Å². The molecule has 0 aromatic heterocycles. The molecular weight excluding hydrogens is 184 g/mol. The van der Waals surface area contributed by atoms with Crippen LogP contribution in [0.1, 0.15) is 47.5 Å². The van der Waals surface area contributed by atoms with Gasteiger partial charge in [-0.3, -0.25) is 0 Å². The highest BCUT2D eigenvalue weighted by molar-refractivity contribution is 5.50. The summed E-state index contributed by atoms with van der Waals surface area (Å²) in [6.07, 6.45) is 6.37. The Bertz CT molecular complexity index is 240. The van der Waals surface area contributed by atoms with E-state index in [1.54, 1.807) is 0 Å². The standard InChI is InChI=1S/C12H18O.C2H6/c1-10(2)7-8-12(4)11(3)6-5-9-13;1-2/h7-9H,3,5-6H2,1-2,4H3;1-2H3/b12-8-;. The predicted octanol–water partition coefficient (Wildman–Crippen LogP) is 4.46. The number of hydrogen-bond acceptors (Lipinski definition) is 1. The average Bonchev–Trinajstić information content (AvgIpc) is 2.25. The van der Waals surface area contributed by atoms with Gasteiger partial charge in [0, 0.05) is 6.42 Å². The molecule has 0 heterocycles. The van der Waals surface area contributed by atoms with E-state index < -0.39 is 0 Å². The second-order valence-electron chi connectivity index (χ2n) is 3.40. The van der Waals surface area contributed by atoms with Crippen LogP contribution in [0.15, 0.2) is 35.5 Å². The van der Waals surface area contributed by atoms with E-state index in [9.17, 15) is 4.79 Å². The Morgan fingerprint density at radius 2 is 1.67 bits per heavy atom. The molecule has 0 saturated heterocycles. The number of carbonyl (C=O) groups is 1. The van der Waals surface area contributed by atoms with Crippen LogP contribution in [-0.4, -0.2) is 6.29 Å². The van der Waals surface area contributed by atoms with Gasteiger partial charge in [0.2, 0.25) is 0 Å². The first-order chi connectivity index (χ1) is 7.07. The number of hydrogen-bond donors (Lipinski definition) is 0. The summed E-state index contributed by atoms with van der Waals surface area (Å²) >= 11 is 0.